The monoisotopic (exact) mass is 279 g/mol. The fourth-order valence-corrected chi connectivity index (χ4v) is 4.23. The molecule has 1 atom stereocenters. The third kappa shape index (κ3) is 2.79. The molecule has 2 aliphatic carbocycles. The van der Waals surface area contributed by atoms with Crippen molar-refractivity contribution in [1.82, 2.24) is 4.98 Å². The number of nitrogens with two attached hydrogens (primary N) is 1. The van der Waals surface area contributed by atoms with Crippen molar-refractivity contribution in [3.8, 4) is 0 Å². The van der Waals surface area contributed by atoms with E-state index < -0.39 is 0 Å². The molecular weight excluding hydrogens is 254 g/mol. The fraction of sp³-hybridized carbons (Fsp3) is 0.800. The molecule has 1 aromatic rings. The second-order valence-corrected chi connectivity index (χ2v) is 7.95. The van der Waals surface area contributed by atoms with Gasteiger partial charge in [0.05, 0.1) is 5.69 Å². The summed E-state index contributed by atoms with van der Waals surface area (Å²) in [6.07, 6.45) is 4.95. The highest BCUT2D eigenvalue weighted by Crippen LogP contribution is 2.44. The molecule has 0 bridgehead atoms. The summed E-state index contributed by atoms with van der Waals surface area (Å²) in [6, 6.07) is 0.185. The van der Waals surface area contributed by atoms with E-state index in [-0.39, 0.29) is 6.04 Å². The fourth-order valence-electron chi connectivity index (χ4n) is 3.07. The summed E-state index contributed by atoms with van der Waals surface area (Å²) in [7, 11) is 0. The molecule has 4 heteroatoms. The van der Waals surface area contributed by atoms with Crippen LogP contribution in [0.15, 0.2) is 0 Å². The van der Waals surface area contributed by atoms with Gasteiger partial charge in [0, 0.05) is 24.0 Å². The van der Waals surface area contributed by atoms with E-state index >= 15 is 0 Å². The summed E-state index contributed by atoms with van der Waals surface area (Å²) >= 11 is 1.84. The molecule has 2 N–H and O–H groups in total. The van der Waals surface area contributed by atoms with Gasteiger partial charge in [-0.15, -0.1) is 0 Å². The van der Waals surface area contributed by atoms with E-state index in [0.29, 0.717) is 5.41 Å². The maximum absolute atomic E-state index is 6.34. The van der Waals surface area contributed by atoms with Crippen molar-refractivity contribution in [3.05, 3.63) is 10.6 Å². The molecule has 0 radical (unpaired) electrons. The first-order chi connectivity index (χ1) is 8.98. The zero-order valence-electron chi connectivity index (χ0n) is 12.3. The van der Waals surface area contributed by atoms with Crippen molar-refractivity contribution in [2.75, 3.05) is 18.0 Å². The van der Waals surface area contributed by atoms with E-state index in [2.05, 4.69) is 25.7 Å². The SMILES string of the molecule is CCN(CC1CC1)c1nc2c(s1)C(N)CC(C)(C)C2. The van der Waals surface area contributed by atoms with Crippen LogP contribution in [0.25, 0.3) is 0 Å². The standard InChI is InChI=1S/C15H25N3S/c1-4-18(9-10-5-6-10)14-17-12-8-15(2,3)7-11(16)13(12)19-14/h10-11H,4-9,16H2,1-3H3. The summed E-state index contributed by atoms with van der Waals surface area (Å²) in [5, 5.41) is 1.20. The number of hydrogen-bond acceptors (Lipinski definition) is 4. The van der Waals surface area contributed by atoms with Crippen LogP contribution in [0.3, 0.4) is 0 Å². The Morgan fingerprint density at radius 3 is 2.79 bits per heavy atom. The molecule has 19 heavy (non-hydrogen) atoms. The highest BCUT2D eigenvalue weighted by atomic mass is 32.1. The molecule has 0 amide bonds. The molecule has 0 aliphatic heterocycles. The largest absolute Gasteiger partial charge is 0.348 e. The van der Waals surface area contributed by atoms with Crippen LogP contribution in [0.5, 0.6) is 0 Å². The van der Waals surface area contributed by atoms with E-state index in [1.54, 1.807) is 0 Å². The van der Waals surface area contributed by atoms with Gasteiger partial charge in [-0.1, -0.05) is 25.2 Å². The second kappa shape index (κ2) is 4.74. The molecule has 3 nitrogen and oxygen atoms in total. The predicted molar refractivity (Wildman–Crippen MR) is 81.8 cm³/mol. The minimum Gasteiger partial charge on any atom is -0.348 e. The lowest BCUT2D eigenvalue weighted by molar-refractivity contribution is 0.282. The summed E-state index contributed by atoms with van der Waals surface area (Å²) in [4.78, 5) is 8.69. The quantitative estimate of drug-likeness (QED) is 0.919. The minimum atomic E-state index is 0.185. The first kappa shape index (κ1) is 13.4. The van der Waals surface area contributed by atoms with Crippen LogP contribution < -0.4 is 10.6 Å². The number of anilines is 1. The maximum atomic E-state index is 6.34. The van der Waals surface area contributed by atoms with Crippen LogP contribution in [0.4, 0.5) is 5.13 Å². The molecule has 1 unspecified atom stereocenters. The highest BCUT2D eigenvalue weighted by molar-refractivity contribution is 7.15. The number of nitrogens with zero attached hydrogens (tertiary/aromatic N) is 2. The van der Waals surface area contributed by atoms with Crippen molar-refractivity contribution in [2.45, 2.75) is 52.5 Å². The molecule has 1 heterocycles. The zero-order chi connectivity index (χ0) is 13.6. The molecule has 1 fully saturated rings. The normalized spacial score (nSPS) is 25.2. The third-order valence-corrected chi connectivity index (χ3v) is 5.59. The lowest BCUT2D eigenvalue weighted by atomic mass is 9.77. The van der Waals surface area contributed by atoms with E-state index in [9.17, 15) is 0 Å². The van der Waals surface area contributed by atoms with Crippen molar-refractivity contribution in [2.24, 2.45) is 17.1 Å². The maximum Gasteiger partial charge on any atom is 0.185 e. The Morgan fingerprint density at radius 2 is 2.16 bits per heavy atom. The molecule has 1 saturated carbocycles. The number of fused-ring (bicyclic) bond motifs is 1. The number of thiazole rings is 1. The van der Waals surface area contributed by atoms with Crippen LogP contribution in [-0.4, -0.2) is 18.1 Å². The van der Waals surface area contributed by atoms with Gasteiger partial charge in [-0.3, -0.25) is 0 Å². The van der Waals surface area contributed by atoms with Gasteiger partial charge < -0.3 is 10.6 Å². The Morgan fingerprint density at radius 1 is 1.42 bits per heavy atom. The summed E-state index contributed by atoms with van der Waals surface area (Å²) in [6.45, 7) is 9.07. The first-order valence-electron chi connectivity index (χ1n) is 7.48. The molecule has 3 rings (SSSR count). The van der Waals surface area contributed by atoms with Gasteiger partial charge in [0.15, 0.2) is 5.13 Å². The average Bonchev–Trinajstić information content (AvgIpc) is 3.04. The molecule has 0 saturated heterocycles. The highest BCUT2D eigenvalue weighted by Gasteiger charge is 2.34. The van der Waals surface area contributed by atoms with Crippen molar-refractivity contribution < 1.29 is 0 Å². The average molecular weight is 279 g/mol. The zero-order valence-corrected chi connectivity index (χ0v) is 13.1. The van der Waals surface area contributed by atoms with Gasteiger partial charge >= 0.3 is 0 Å². The topological polar surface area (TPSA) is 42.2 Å². The first-order valence-corrected chi connectivity index (χ1v) is 8.30. The minimum absolute atomic E-state index is 0.185. The second-order valence-electron chi connectivity index (χ2n) is 6.94. The summed E-state index contributed by atoms with van der Waals surface area (Å²) in [5.41, 5.74) is 7.90. The van der Waals surface area contributed by atoms with Gasteiger partial charge in [-0.05, 0) is 43.9 Å². The molecule has 0 aromatic carbocycles. The van der Waals surface area contributed by atoms with E-state index in [1.165, 1.54) is 35.1 Å². The van der Waals surface area contributed by atoms with Gasteiger partial charge in [0.1, 0.15) is 0 Å². The molecule has 106 valence electrons. The lowest BCUT2D eigenvalue weighted by Crippen LogP contribution is -2.29. The third-order valence-electron chi connectivity index (χ3n) is 4.30. The van der Waals surface area contributed by atoms with Crippen molar-refractivity contribution in [3.63, 3.8) is 0 Å². The Labute approximate surface area is 120 Å². The van der Waals surface area contributed by atoms with Crippen LogP contribution in [0, 0.1) is 11.3 Å². The van der Waals surface area contributed by atoms with Gasteiger partial charge in [-0.25, -0.2) is 4.98 Å². The van der Waals surface area contributed by atoms with Crippen LogP contribution in [0.2, 0.25) is 0 Å². The number of aromatic nitrogens is 1. The lowest BCUT2D eigenvalue weighted by Gasteiger charge is -2.32. The van der Waals surface area contributed by atoms with Crippen LogP contribution in [0.1, 0.15) is 56.6 Å². The number of hydrogen-bond donors (Lipinski definition) is 1. The van der Waals surface area contributed by atoms with E-state index in [1.807, 2.05) is 11.3 Å². The van der Waals surface area contributed by atoms with Gasteiger partial charge in [0.25, 0.3) is 0 Å². The Kier molecular flexibility index (Phi) is 3.34. The van der Waals surface area contributed by atoms with Crippen molar-refractivity contribution >= 4 is 16.5 Å². The van der Waals surface area contributed by atoms with Gasteiger partial charge in [0.2, 0.25) is 0 Å². The predicted octanol–water partition coefficient (Wildman–Crippen LogP) is 3.35. The smallest absolute Gasteiger partial charge is 0.185 e. The van der Waals surface area contributed by atoms with E-state index in [4.69, 9.17) is 10.7 Å². The molecular formula is C15H25N3S. The van der Waals surface area contributed by atoms with Crippen molar-refractivity contribution in [1.29, 1.82) is 0 Å². The van der Waals surface area contributed by atoms with Gasteiger partial charge in [-0.2, -0.15) is 0 Å². The summed E-state index contributed by atoms with van der Waals surface area (Å²) < 4.78 is 0. The van der Waals surface area contributed by atoms with E-state index in [0.717, 1.165) is 25.3 Å². The van der Waals surface area contributed by atoms with Crippen LogP contribution >= 0.6 is 11.3 Å². The molecule has 0 spiro atoms. The van der Waals surface area contributed by atoms with Crippen LogP contribution in [-0.2, 0) is 6.42 Å². The molecule has 1 aromatic heterocycles. The Bertz CT molecular complexity index is 462. The summed E-state index contributed by atoms with van der Waals surface area (Å²) in [5.74, 6) is 0.908. The number of rotatable bonds is 4. The Hall–Kier alpha value is -0.610. The molecule has 2 aliphatic rings. The Balaban J connectivity index is 1.84.